The molecule has 0 spiro atoms. The van der Waals surface area contributed by atoms with E-state index in [2.05, 4.69) is 5.32 Å². The summed E-state index contributed by atoms with van der Waals surface area (Å²) in [7, 11) is 0. The van der Waals surface area contributed by atoms with E-state index in [0.717, 1.165) is 17.2 Å². The minimum atomic E-state index is 0.134. The summed E-state index contributed by atoms with van der Waals surface area (Å²) >= 11 is 7.35. The van der Waals surface area contributed by atoms with Crippen LogP contribution in [0, 0.1) is 0 Å². The lowest BCUT2D eigenvalue weighted by molar-refractivity contribution is -0.121. The molecule has 1 aromatic rings. The molecule has 0 aliphatic heterocycles. The minimum absolute atomic E-state index is 0.134. The van der Waals surface area contributed by atoms with Crippen LogP contribution in [-0.4, -0.2) is 12.5 Å². The van der Waals surface area contributed by atoms with E-state index in [1.807, 2.05) is 19.1 Å². The number of amides is 1. The Labute approximate surface area is 93.3 Å². The van der Waals surface area contributed by atoms with Crippen molar-refractivity contribution in [2.75, 3.05) is 6.54 Å². The van der Waals surface area contributed by atoms with E-state index in [1.165, 1.54) is 4.88 Å². The Balaban J connectivity index is 2.18. The van der Waals surface area contributed by atoms with Crippen molar-refractivity contribution in [3.8, 4) is 0 Å². The number of carbonyl (C=O) groups excluding carboxylic acids is 1. The Kier molecular flexibility index (Phi) is 4.98. The van der Waals surface area contributed by atoms with Crippen LogP contribution in [0.1, 0.15) is 24.6 Å². The maximum Gasteiger partial charge on any atom is 0.219 e. The van der Waals surface area contributed by atoms with Crippen molar-refractivity contribution in [1.29, 1.82) is 0 Å². The van der Waals surface area contributed by atoms with Crippen molar-refractivity contribution in [2.45, 2.75) is 26.2 Å². The van der Waals surface area contributed by atoms with Crippen LogP contribution in [-0.2, 0) is 11.2 Å². The van der Waals surface area contributed by atoms with Gasteiger partial charge in [-0.2, -0.15) is 0 Å². The van der Waals surface area contributed by atoms with Crippen LogP contribution in [0.3, 0.4) is 0 Å². The van der Waals surface area contributed by atoms with Gasteiger partial charge in [0.15, 0.2) is 0 Å². The maximum atomic E-state index is 11.1. The molecule has 0 radical (unpaired) electrons. The first-order valence-electron chi connectivity index (χ1n) is 4.73. The molecule has 78 valence electrons. The van der Waals surface area contributed by atoms with Gasteiger partial charge in [0.1, 0.15) is 0 Å². The predicted molar refractivity (Wildman–Crippen MR) is 61.0 cm³/mol. The van der Waals surface area contributed by atoms with Gasteiger partial charge in [0.25, 0.3) is 0 Å². The average Bonchev–Trinajstić information content (AvgIpc) is 2.52. The van der Waals surface area contributed by atoms with Crippen LogP contribution in [0.15, 0.2) is 12.1 Å². The fourth-order valence-corrected chi connectivity index (χ4v) is 2.21. The van der Waals surface area contributed by atoms with E-state index in [1.54, 1.807) is 11.3 Å². The van der Waals surface area contributed by atoms with Gasteiger partial charge in [0.05, 0.1) is 4.34 Å². The summed E-state index contributed by atoms with van der Waals surface area (Å²) in [6, 6.07) is 3.88. The molecule has 1 heterocycles. The van der Waals surface area contributed by atoms with Gasteiger partial charge in [-0.15, -0.1) is 11.3 Å². The lowest BCUT2D eigenvalue weighted by Crippen LogP contribution is -2.24. The highest BCUT2D eigenvalue weighted by atomic mass is 35.5. The van der Waals surface area contributed by atoms with Gasteiger partial charge in [-0.3, -0.25) is 4.79 Å². The van der Waals surface area contributed by atoms with Crippen LogP contribution < -0.4 is 5.32 Å². The van der Waals surface area contributed by atoms with Gasteiger partial charge in [-0.1, -0.05) is 18.5 Å². The Morgan fingerprint density at radius 2 is 2.36 bits per heavy atom. The molecule has 1 rings (SSSR count). The summed E-state index contributed by atoms with van der Waals surface area (Å²) in [4.78, 5) is 12.3. The molecule has 0 fully saturated rings. The number of thiophene rings is 1. The molecular formula is C10H14ClNOS. The van der Waals surface area contributed by atoms with Crippen molar-refractivity contribution in [3.63, 3.8) is 0 Å². The number of carbonyl (C=O) groups is 1. The Morgan fingerprint density at radius 3 is 2.93 bits per heavy atom. The van der Waals surface area contributed by atoms with Crippen LogP contribution in [0.2, 0.25) is 4.34 Å². The number of halogens is 1. The Morgan fingerprint density at radius 1 is 1.57 bits per heavy atom. The highest BCUT2D eigenvalue weighted by Crippen LogP contribution is 2.21. The first-order valence-corrected chi connectivity index (χ1v) is 5.92. The number of rotatable bonds is 5. The quantitative estimate of drug-likeness (QED) is 0.830. The van der Waals surface area contributed by atoms with Gasteiger partial charge in [-0.25, -0.2) is 0 Å². The van der Waals surface area contributed by atoms with E-state index in [4.69, 9.17) is 11.6 Å². The Bertz CT molecular complexity index is 298. The maximum absolute atomic E-state index is 11.1. The van der Waals surface area contributed by atoms with Crippen molar-refractivity contribution >= 4 is 28.8 Å². The van der Waals surface area contributed by atoms with Crippen molar-refractivity contribution in [2.24, 2.45) is 0 Å². The summed E-state index contributed by atoms with van der Waals surface area (Å²) in [5, 5.41) is 2.87. The monoisotopic (exact) mass is 231 g/mol. The van der Waals surface area contributed by atoms with E-state index in [-0.39, 0.29) is 5.91 Å². The van der Waals surface area contributed by atoms with Crippen molar-refractivity contribution < 1.29 is 4.79 Å². The molecule has 2 nitrogen and oxygen atoms in total. The zero-order valence-electron chi connectivity index (χ0n) is 8.18. The molecule has 0 aromatic carbocycles. The van der Waals surface area contributed by atoms with Crippen LogP contribution in [0.5, 0.6) is 0 Å². The third-order valence-electron chi connectivity index (χ3n) is 1.80. The summed E-state index contributed by atoms with van der Waals surface area (Å²) in [5.74, 6) is 0.134. The van der Waals surface area contributed by atoms with E-state index in [0.29, 0.717) is 13.0 Å². The molecule has 1 amide bonds. The molecule has 4 heteroatoms. The lowest BCUT2D eigenvalue weighted by atomic mass is 10.3. The molecule has 1 aromatic heterocycles. The summed E-state index contributed by atoms with van der Waals surface area (Å²) in [5.41, 5.74) is 0. The zero-order valence-corrected chi connectivity index (χ0v) is 9.75. The normalized spacial score (nSPS) is 10.1. The number of hydrogen-bond acceptors (Lipinski definition) is 2. The van der Waals surface area contributed by atoms with E-state index >= 15 is 0 Å². The van der Waals surface area contributed by atoms with Gasteiger partial charge >= 0.3 is 0 Å². The molecule has 0 saturated carbocycles. The first-order chi connectivity index (χ1) is 6.72. The molecule has 0 unspecified atom stereocenters. The smallest absolute Gasteiger partial charge is 0.219 e. The highest BCUT2D eigenvalue weighted by Gasteiger charge is 2.00. The third-order valence-corrected chi connectivity index (χ3v) is 3.09. The van der Waals surface area contributed by atoms with Crippen molar-refractivity contribution in [1.82, 2.24) is 5.32 Å². The second-order valence-corrected chi connectivity index (χ2v) is 4.86. The topological polar surface area (TPSA) is 29.1 Å². The number of nitrogens with one attached hydrogen (secondary N) is 1. The highest BCUT2D eigenvalue weighted by molar-refractivity contribution is 7.16. The standard InChI is InChI=1S/C10H14ClNOS/c1-2-3-10(13)12-7-6-8-4-5-9(11)14-8/h4-5H,2-3,6-7H2,1H3,(H,12,13). The van der Waals surface area contributed by atoms with Gasteiger partial charge in [0.2, 0.25) is 5.91 Å². The molecule has 0 atom stereocenters. The van der Waals surface area contributed by atoms with Crippen LogP contribution >= 0.6 is 22.9 Å². The molecule has 0 aliphatic rings. The second kappa shape index (κ2) is 6.04. The van der Waals surface area contributed by atoms with Crippen LogP contribution in [0.4, 0.5) is 0 Å². The fourth-order valence-electron chi connectivity index (χ4n) is 1.13. The lowest BCUT2D eigenvalue weighted by Gasteiger charge is -2.01. The SMILES string of the molecule is CCCC(=O)NCCc1ccc(Cl)s1. The van der Waals surface area contributed by atoms with Gasteiger partial charge < -0.3 is 5.32 Å². The molecular weight excluding hydrogens is 218 g/mol. The van der Waals surface area contributed by atoms with Gasteiger partial charge in [-0.05, 0) is 25.0 Å². The first kappa shape index (κ1) is 11.5. The molecule has 0 saturated heterocycles. The molecule has 1 N–H and O–H groups in total. The largest absolute Gasteiger partial charge is 0.356 e. The van der Waals surface area contributed by atoms with Gasteiger partial charge in [0, 0.05) is 17.8 Å². The summed E-state index contributed by atoms with van der Waals surface area (Å²) in [6.45, 7) is 2.70. The van der Waals surface area contributed by atoms with E-state index < -0.39 is 0 Å². The summed E-state index contributed by atoms with van der Waals surface area (Å²) < 4.78 is 0.805. The zero-order chi connectivity index (χ0) is 10.4. The molecule has 0 aliphatic carbocycles. The number of hydrogen-bond donors (Lipinski definition) is 1. The third kappa shape index (κ3) is 4.11. The minimum Gasteiger partial charge on any atom is -0.356 e. The fraction of sp³-hybridized carbons (Fsp3) is 0.500. The predicted octanol–water partition coefficient (Wildman–Crippen LogP) is 2.86. The molecule has 14 heavy (non-hydrogen) atoms. The molecule has 0 bridgehead atoms. The van der Waals surface area contributed by atoms with Crippen molar-refractivity contribution in [3.05, 3.63) is 21.3 Å². The summed E-state index contributed by atoms with van der Waals surface area (Å²) in [6.07, 6.45) is 2.38. The second-order valence-electron chi connectivity index (χ2n) is 3.06. The average molecular weight is 232 g/mol. The van der Waals surface area contributed by atoms with E-state index in [9.17, 15) is 4.79 Å². The Hall–Kier alpha value is -0.540. The van der Waals surface area contributed by atoms with Crippen LogP contribution in [0.25, 0.3) is 0 Å².